The predicted molar refractivity (Wildman–Crippen MR) is 85.2 cm³/mol. The van der Waals surface area contributed by atoms with Crippen molar-refractivity contribution in [3.63, 3.8) is 0 Å². The maximum atomic E-state index is 12.4. The molecule has 2 aliphatic rings. The van der Waals surface area contributed by atoms with Gasteiger partial charge in [-0.1, -0.05) is 13.8 Å². The number of carbonyl (C=O) groups is 2. The summed E-state index contributed by atoms with van der Waals surface area (Å²) < 4.78 is 35.3. The minimum Gasteiger partial charge on any atom is -0.320 e. The van der Waals surface area contributed by atoms with E-state index in [4.69, 9.17) is 9.39 Å². The molecule has 0 aromatic carbocycles. The normalized spacial score (nSPS) is 25.4. The van der Waals surface area contributed by atoms with Gasteiger partial charge in [-0.05, 0) is 31.8 Å². The average molecular weight is 380 g/mol. The van der Waals surface area contributed by atoms with Crippen LogP contribution < -0.4 is 10.8 Å². The topological polar surface area (TPSA) is 138 Å². The summed E-state index contributed by atoms with van der Waals surface area (Å²) in [6.45, 7) is 4.75. The number of amides is 3. The number of rotatable bonds is 8. The quantitative estimate of drug-likeness (QED) is 0.285. The standard InChI is InChI=1S/C13H24N4O7S/c1-13(2)7-9(11(18)15-23-6-4-5-14-3)16-8-10(13)17(12(16)19)24-25(20,21)22/h9-10,14H,4-8H2,1-3H3,(H,15,18)(H,20,21,22)/t9-,10-/m0/s1. The van der Waals surface area contributed by atoms with Gasteiger partial charge in [0.15, 0.2) is 0 Å². The summed E-state index contributed by atoms with van der Waals surface area (Å²) in [6, 6.07) is -2.22. The minimum absolute atomic E-state index is 0.110. The van der Waals surface area contributed by atoms with Crippen molar-refractivity contribution in [2.75, 3.05) is 26.7 Å². The van der Waals surface area contributed by atoms with Crippen LogP contribution in [0.15, 0.2) is 0 Å². The third-order valence-corrected chi connectivity index (χ3v) is 4.76. The third kappa shape index (κ3) is 4.58. The lowest BCUT2D eigenvalue weighted by Gasteiger charge is -2.40. The van der Waals surface area contributed by atoms with Crippen LogP contribution in [-0.2, 0) is 24.3 Å². The van der Waals surface area contributed by atoms with E-state index in [1.54, 1.807) is 20.9 Å². The number of hydrogen-bond acceptors (Lipinski definition) is 7. The first kappa shape index (κ1) is 19.8. The summed E-state index contributed by atoms with van der Waals surface area (Å²) >= 11 is 0. The highest BCUT2D eigenvalue weighted by Gasteiger charge is 2.56. The SMILES string of the molecule is CNCCCONC(=O)[C@@H]1CC(C)(C)[C@@H]2CN1C(=O)N2OS(=O)(=O)O. The van der Waals surface area contributed by atoms with Crippen LogP contribution >= 0.6 is 0 Å². The van der Waals surface area contributed by atoms with Crippen LogP contribution in [0.5, 0.6) is 0 Å². The summed E-state index contributed by atoms with van der Waals surface area (Å²) in [4.78, 5) is 31.1. The molecule has 2 heterocycles. The van der Waals surface area contributed by atoms with Gasteiger partial charge in [-0.25, -0.2) is 10.3 Å². The van der Waals surface area contributed by atoms with Gasteiger partial charge in [-0.2, -0.15) is 13.5 Å². The second kappa shape index (κ2) is 7.41. The summed E-state index contributed by atoms with van der Waals surface area (Å²) in [5, 5.41) is 3.57. The summed E-state index contributed by atoms with van der Waals surface area (Å²) in [5.74, 6) is -0.488. The van der Waals surface area contributed by atoms with E-state index in [0.29, 0.717) is 24.5 Å². The van der Waals surface area contributed by atoms with E-state index in [1.165, 1.54) is 4.90 Å². The predicted octanol–water partition coefficient (Wildman–Crippen LogP) is -0.717. The number of carbonyl (C=O) groups excluding carboxylic acids is 2. The van der Waals surface area contributed by atoms with Crippen LogP contribution in [0.25, 0.3) is 0 Å². The zero-order valence-electron chi connectivity index (χ0n) is 14.4. The molecular formula is C13H24N4O7S. The van der Waals surface area contributed by atoms with Crippen molar-refractivity contribution in [2.45, 2.75) is 38.8 Å². The van der Waals surface area contributed by atoms with Gasteiger partial charge < -0.3 is 10.2 Å². The fourth-order valence-electron chi connectivity index (χ4n) is 3.10. The fourth-order valence-corrected chi connectivity index (χ4v) is 3.47. The van der Waals surface area contributed by atoms with Gasteiger partial charge in [-0.15, -0.1) is 4.28 Å². The molecule has 2 saturated heterocycles. The van der Waals surface area contributed by atoms with E-state index >= 15 is 0 Å². The highest BCUT2D eigenvalue weighted by molar-refractivity contribution is 7.80. The van der Waals surface area contributed by atoms with Crippen molar-refractivity contribution in [2.24, 2.45) is 5.41 Å². The summed E-state index contributed by atoms with van der Waals surface area (Å²) in [6.07, 6.45) is 0.994. The molecule has 144 valence electrons. The van der Waals surface area contributed by atoms with Gasteiger partial charge in [0.25, 0.3) is 5.91 Å². The van der Waals surface area contributed by atoms with Crippen LogP contribution in [0.2, 0.25) is 0 Å². The zero-order chi connectivity index (χ0) is 18.8. The molecule has 0 unspecified atom stereocenters. The Morgan fingerprint density at radius 2 is 2.12 bits per heavy atom. The Kier molecular flexibility index (Phi) is 5.89. The first-order valence-corrected chi connectivity index (χ1v) is 9.26. The van der Waals surface area contributed by atoms with Crippen LogP contribution in [0.3, 0.4) is 0 Å². The molecule has 2 rings (SSSR count). The molecule has 25 heavy (non-hydrogen) atoms. The molecule has 2 aliphatic heterocycles. The van der Waals surface area contributed by atoms with Gasteiger partial charge in [0.2, 0.25) is 0 Å². The molecule has 2 atom stereocenters. The Hall–Kier alpha value is -1.47. The zero-order valence-corrected chi connectivity index (χ0v) is 15.2. The second-order valence-electron chi connectivity index (χ2n) is 6.76. The van der Waals surface area contributed by atoms with Crippen molar-refractivity contribution < 1.29 is 31.7 Å². The Bertz CT molecular complexity index is 624. The summed E-state index contributed by atoms with van der Waals surface area (Å²) in [7, 11) is -3.04. The van der Waals surface area contributed by atoms with Gasteiger partial charge in [-0.3, -0.25) is 14.2 Å². The first-order valence-electron chi connectivity index (χ1n) is 7.90. The molecule has 12 heteroatoms. The highest BCUT2D eigenvalue weighted by atomic mass is 32.3. The van der Waals surface area contributed by atoms with Crippen molar-refractivity contribution >= 4 is 22.3 Å². The fraction of sp³-hybridized carbons (Fsp3) is 0.846. The van der Waals surface area contributed by atoms with E-state index in [1.807, 2.05) is 0 Å². The van der Waals surface area contributed by atoms with Crippen molar-refractivity contribution in [1.29, 1.82) is 0 Å². The number of fused-ring (bicyclic) bond motifs is 2. The molecule has 0 aromatic heterocycles. The van der Waals surface area contributed by atoms with E-state index in [0.717, 1.165) is 6.54 Å². The van der Waals surface area contributed by atoms with E-state index < -0.39 is 39.8 Å². The Labute approximate surface area is 146 Å². The van der Waals surface area contributed by atoms with E-state index in [-0.39, 0.29) is 6.54 Å². The number of urea groups is 1. The van der Waals surface area contributed by atoms with Gasteiger partial charge in [0, 0.05) is 6.54 Å². The largest absolute Gasteiger partial charge is 0.418 e. The molecular weight excluding hydrogens is 356 g/mol. The van der Waals surface area contributed by atoms with Crippen molar-refractivity contribution in [1.82, 2.24) is 20.8 Å². The second-order valence-corrected chi connectivity index (χ2v) is 7.76. The molecule has 0 spiro atoms. The molecule has 0 aromatic rings. The maximum absolute atomic E-state index is 12.4. The van der Waals surface area contributed by atoms with Gasteiger partial charge in [0.1, 0.15) is 6.04 Å². The lowest BCUT2D eigenvalue weighted by atomic mass is 9.76. The molecule has 0 saturated carbocycles. The van der Waals surface area contributed by atoms with Gasteiger partial charge in [0.05, 0.1) is 12.6 Å². The Morgan fingerprint density at radius 3 is 2.72 bits per heavy atom. The van der Waals surface area contributed by atoms with Gasteiger partial charge >= 0.3 is 16.4 Å². The molecule has 11 nitrogen and oxygen atoms in total. The number of hydrogen-bond donors (Lipinski definition) is 3. The molecule has 2 bridgehead atoms. The van der Waals surface area contributed by atoms with Crippen LogP contribution in [-0.4, -0.2) is 73.7 Å². The van der Waals surface area contributed by atoms with E-state index in [9.17, 15) is 18.0 Å². The molecule has 0 aliphatic carbocycles. The number of nitrogens with zero attached hydrogens (tertiary/aromatic N) is 2. The Morgan fingerprint density at radius 1 is 1.44 bits per heavy atom. The number of nitrogens with one attached hydrogen (secondary N) is 2. The molecule has 3 amide bonds. The summed E-state index contributed by atoms with van der Waals surface area (Å²) in [5.41, 5.74) is 1.72. The van der Waals surface area contributed by atoms with Crippen LogP contribution in [0, 0.1) is 5.41 Å². The lowest BCUT2D eigenvalue weighted by Crippen LogP contribution is -2.54. The third-order valence-electron chi connectivity index (χ3n) is 4.41. The smallest absolute Gasteiger partial charge is 0.320 e. The van der Waals surface area contributed by atoms with E-state index in [2.05, 4.69) is 15.1 Å². The van der Waals surface area contributed by atoms with Crippen molar-refractivity contribution in [3.8, 4) is 0 Å². The molecule has 0 radical (unpaired) electrons. The monoisotopic (exact) mass is 380 g/mol. The van der Waals surface area contributed by atoms with Crippen LogP contribution in [0.1, 0.15) is 26.7 Å². The molecule has 2 fully saturated rings. The molecule has 3 N–H and O–H groups in total. The van der Waals surface area contributed by atoms with Crippen molar-refractivity contribution in [3.05, 3.63) is 0 Å². The highest BCUT2D eigenvalue weighted by Crippen LogP contribution is 2.42. The first-order chi connectivity index (χ1) is 11.6. The minimum atomic E-state index is -4.84. The number of piperidine rings is 1. The maximum Gasteiger partial charge on any atom is 0.418 e. The number of hydroxylamine groups is 3. The van der Waals surface area contributed by atoms with Crippen LogP contribution in [0.4, 0.5) is 4.79 Å². The average Bonchev–Trinajstić information content (AvgIpc) is 2.77. The lowest BCUT2D eigenvalue weighted by molar-refractivity contribution is -0.141. The Balaban J connectivity index is 2.05.